The van der Waals surface area contributed by atoms with E-state index in [4.69, 9.17) is 9.97 Å². The Balaban J connectivity index is 1.70. The first-order chi connectivity index (χ1) is 13.7. The van der Waals surface area contributed by atoms with Crippen molar-refractivity contribution in [1.82, 2.24) is 15.3 Å². The highest BCUT2D eigenvalue weighted by Gasteiger charge is 2.34. The van der Waals surface area contributed by atoms with Gasteiger partial charge in [0.05, 0.1) is 23.3 Å². The van der Waals surface area contributed by atoms with Gasteiger partial charge in [-0.15, -0.1) is 0 Å². The van der Waals surface area contributed by atoms with Gasteiger partial charge >= 0.3 is 0 Å². The maximum atomic E-state index is 12.3. The molecule has 1 amide bonds. The van der Waals surface area contributed by atoms with E-state index in [-0.39, 0.29) is 24.5 Å². The number of hydrogen-bond donors (Lipinski definition) is 1. The lowest BCUT2D eigenvalue weighted by Gasteiger charge is -2.39. The molecule has 1 saturated heterocycles. The maximum absolute atomic E-state index is 12.3. The van der Waals surface area contributed by atoms with Crippen LogP contribution in [0.15, 0.2) is 77.3 Å². The Kier molecular flexibility index (Phi) is 4.20. The van der Waals surface area contributed by atoms with Crippen molar-refractivity contribution >= 4 is 38.7 Å². The molecule has 0 saturated carbocycles. The first-order valence-corrected chi connectivity index (χ1v) is 9.92. The Labute approximate surface area is 170 Å². The Morgan fingerprint density at radius 1 is 1.04 bits per heavy atom. The van der Waals surface area contributed by atoms with Crippen molar-refractivity contribution in [3.63, 3.8) is 0 Å². The Bertz CT molecular complexity index is 1130. The number of amides is 1. The number of rotatable bonds is 2. The molecule has 0 radical (unpaired) electrons. The third-order valence-corrected chi connectivity index (χ3v) is 5.55. The molecule has 2 atom stereocenters. The van der Waals surface area contributed by atoms with Gasteiger partial charge in [-0.1, -0.05) is 70.6 Å². The summed E-state index contributed by atoms with van der Waals surface area (Å²) in [5.41, 5.74) is 2.73. The third-order valence-electron chi connectivity index (χ3n) is 5.06. The molecule has 2 heterocycles. The average molecular weight is 433 g/mol. The van der Waals surface area contributed by atoms with Crippen LogP contribution in [-0.4, -0.2) is 34.5 Å². The van der Waals surface area contributed by atoms with Gasteiger partial charge in [0.25, 0.3) is 0 Å². The molecule has 0 unspecified atom stereocenters. The smallest absolute Gasteiger partial charge is 0.240 e. The van der Waals surface area contributed by atoms with E-state index in [0.717, 1.165) is 26.6 Å². The summed E-state index contributed by atoms with van der Waals surface area (Å²) in [5, 5.41) is 4.00. The molecule has 6 heteroatoms. The fourth-order valence-corrected chi connectivity index (χ4v) is 4.12. The summed E-state index contributed by atoms with van der Waals surface area (Å²) >= 11 is 3.55. The summed E-state index contributed by atoms with van der Waals surface area (Å²) in [6.45, 7) is 0.232. The van der Waals surface area contributed by atoms with Gasteiger partial charge in [-0.2, -0.15) is 0 Å². The largest absolute Gasteiger partial charge is 0.346 e. The molecule has 5 rings (SSSR count). The van der Waals surface area contributed by atoms with Crippen LogP contribution in [0, 0.1) is 0 Å². The zero-order chi connectivity index (χ0) is 19.1. The summed E-state index contributed by atoms with van der Waals surface area (Å²) in [7, 11) is 0. The minimum atomic E-state index is -0.0735. The summed E-state index contributed by atoms with van der Waals surface area (Å²) in [6, 6.07) is 16.0. The zero-order valence-electron chi connectivity index (χ0n) is 14.9. The van der Waals surface area contributed by atoms with Crippen LogP contribution in [-0.2, 0) is 4.79 Å². The van der Waals surface area contributed by atoms with Crippen LogP contribution >= 0.6 is 15.9 Å². The normalized spacial score (nSPS) is 20.9. The molecule has 28 heavy (non-hydrogen) atoms. The van der Waals surface area contributed by atoms with Crippen molar-refractivity contribution in [2.75, 3.05) is 11.4 Å². The van der Waals surface area contributed by atoms with Crippen LogP contribution in [0.25, 0.3) is 22.2 Å². The van der Waals surface area contributed by atoms with Crippen LogP contribution in [0.1, 0.15) is 0 Å². The molecular formula is C22H17BrN4O. The fourth-order valence-electron chi connectivity index (χ4n) is 3.76. The van der Waals surface area contributed by atoms with E-state index in [1.807, 2.05) is 71.7 Å². The predicted octanol–water partition coefficient (Wildman–Crippen LogP) is 3.86. The highest BCUT2D eigenvalue weighted by Crippen LogP contribution is 2.31. The number of aromatic nitrogens is 2. The average Bonchev–Trinajstić information content (AvgIpc) is 2.73. The van der Waals surface area contributed by atoms with E-state index in [2.05, 4.69) is 27.3 Å². The maximum Gasteiger partial charge on any atom is 0.240 e. The van der Waals surface area contributed by atoms with Gasteiger partial charge in [-0.3, -0.25) is 4.79 Å². The zero-order valence-corrected chi connectivity index (χ0v) is 16.5. The fraction of sp³-hybridized carbons (Fsp3) is 0.136. The minimum Gasteiger partial charge on any atom is -0.346 e. The molecule has 0 bridgehead atoms. The van der Waals surface area contributed by atoms with Crippen molar-refractivity contribution in [3.05, 3.63) is 77.3 Å². The minimum absolute atomic E-state index is 0.000721. The van der Waals surface area contributed by atoms with Crippen molar-refractivity contribution < 1.29 is 4.79 Å². The number of carbonyl (C=O) groups excluding carboxylic acids is 1. The molecule has 1 aliphatic carbocycles. The van der Waals surface area contributed by atoms with Gasteiger partial charge in [-0.25, -0.2) is 9.97 Å². The molecule has 138 valence electrons. The second-order valence-electron chi connectivity index (χ2n) is 6.88. The number of hydrogen-bond acceptors (Lipinski definition) is 4. The third kappa shape index (κ3) is 2.99. The first-order valence-electron chi connectivity index (χ1n) is 9.13. The molecule has 5 nitrogen and oxygen atoms in total. The molecule has 1 fully saturated rings. The molecular weight excluding hydrogens is 416 g/mol. The summed E-state index contributed by atoms with van der Waals surface area (Å²) in [5.74, 6) is 0.542. The van der Waals surface area contributed by atoms with Crippen LogP contribution in [0.5, 0.6) is 0 Å². The van der Waals surface area contributed by atoms with Gasteiger partial charge in [0.15, 0.2) is 0 Å². The number of piperazine rings is 1. The summed E-state index contributed by atoms with van der Waals surface area (Å²) in [6.07, 6.45) is 8.05. The number of halogens is 1. The van der Waals surface area contributed by atoms with Gasteiger partial charge in [0.1, 0.15) is 6.54 Å². The molecule has 1 aromatic heterocycles. The molecule has 2 aliphatic rings. The monoisotopic (exact) mass is 432 g/mol. The molecule has 2 aromatic carbocycles. The number of carbonyl (C=O) groups is 1. The number of nitrogens with zero attached hydrogens (tertiary/aromatic N) is 3. The summed E-state index contributed by atoms with van der Waals surface area (Å²) < 4.78 is 0.978. The number of fused-ring (bicyclic) bond motifs is 2. The van der Waals surface area contributed by atoms with E-state index in [1.54, 1.807) is 0 Å². The van der Waals surface area contributed by atoms with E-state index < -0.39 is 0 Å². The second-order valence-corrected chi connectivity index (χ2v) is 7.80. The van der Waals surface area contributed by atoms with Gasteiger partial charge < -0.3 is 10.2 Å². The SMILES string of the molecule is O=C1CN(c2nc(-c3ccccc3)c3cc(Br)ccc3n2)[C@H]2C=CC=C[C@@H]2N1. The van der Waals surface area contributed by atoms with E-state index in [1.165, 1.54) is 0 Å². The van der Waals surface area contributed by atoms with E-state index in [0.29, 0.717) is 5.95 Å². The quantitative estimate of drug-likeness (QED) is 0.667. The first kappa shape index (κ1) is 17.1. The molecule has 3 aromatic rings. The number of benzene rings is 2. The van der Waals surface area contributed by atoms with E-state index >= 15 is 0 Å². The number of anilines is 1. The van der Waals surface area contributed by atoms with E-state index in [9.17, 15) is 4.79 Å². The Morgan fingerprint density at radius 3 is 2.71 bits per heavy atom. The van der Waals surface area contributed by atoms with Crippen molar-refractivity contribution in [1.29, 1.82) is 0 Å². The van der Waals surface area contributed by atoms with Crippen LogP contribution in [0.3, 0.4) is 0 Å². The molecule has 1 aliphatic heterocycles. The van der Waals surface area contributed by atoms with Gasteiger partial charge in [0.2, 0.25) is 11.9 Å². The number of nitrogens with one attached hydrogen (secondary N) is 1. The highest BCUT2D eigenvalue weighted by molar-refractivity contribution is 9.10. The lowest BCUT2D eigenvalue weighted by molar-refractivity contribution is -0.121. The molecule has 0 spiro atoms. The standard InChI is InChI=1S/C22H17BrN4O/c23-15-10-11-17-16(12-15)21(14-6-2-1-3-7-14)26-22(25-17)27-13-20(28)24-18-8-4-5-9-19(18)27/h1-12,18-19H,13H2,(H,24,28)/t18-,19-/m0/s1. The van der Waals surface area contributed by atoms with Gasteiger partial charge in [-0.05, 0) is 18.2 Å². The van der Waals surface area contributed by atoms with Crippen molar-refractivity contribution in [3.8, 4) is 11.3 Å². The number of allylic oxidation sites excluding steroid dienone is 2. The lowest BCUT2D eigenvalue weighted by atomic mass is 9.99. The second kappa shape index (κ2) is 6.87. The topological polar surface area (TPSA) is 58.1 Å². The molecule has 1 N–H and O–H groups in total. The highest BCUT2D eigenvalue weighted by atomic mass is 79.9. The van der Waals surface area contributed by atoms with Crippen LogP contribution in [0.4, 0.5) is 5.95 Å². The van der Waals surface area contributed by atoms with Crippen LogP contribution < -0.4 is 10.2 Å². The summed E-state index contributed by atoms with van der Waals surface area (Å²) in [4.78, 5) is 24.0. The van der Waals surface area contributed by atoms with Crippen molar-refractivity contribution in [2.24, 2.45) is 0 Å². The van der Waals surface area contributed by atoms with Gasteiger partial charge in [0, 0.05) is 15.4 Å². The Morgan fingerprint density at radius 2 is 1.86 bits per heavy atom. The predicted molar refractivity (Wildman–Crippen MR) is 114 cm³/mol. The Hall–Kier alpha value is -2.99. The van der Waals surface area contributed by atoms with Crippen molar-refractivity contribution in [2.45, 2.75) is 12.1 Å². The van der Waals surface area contributed by atoms with Crippen LogP contribution in [0.2, 0.25) is 0 Å². The lowest BCUT2D eigenvalue weighted by Crippen LogP contribution is -2.60.